The number of aryl methyl sites for hydroxylation is 1. The number of fused-ring (bicyclic) bond motifs is 1. The lowest BCUT2D eigenvalue weighted by molar-refractivity contribution is -0.274. The fourth-order valence-corrected chi connectivity index (χ4v) is 3.09. The first-order chi connectivity index (χ1) is 12.2. The van der Waals surface area contributed by atoms with Gasteiger partial charge in [0.25, 0.3) is 5.91 Å². The minimum Gasteiger partial charge on any atom is -0.406 e. The summed E-state index contributed by atoms with van der Waals surface area (Å²) < 4.78 is 40.2. The molecule has 0 spiro atoms. The summed E-state index contributed by atoms with van der Waals surface area (Å²) in [6.45, 7) is 0.0704. The smallest absolute Gasteiger partial charge is 0.406 e. The molecule has 0 unspecified atom stereocenters. The van der Waals surface area contributed by atoms with Crippen LogP contribution in [0.2, 0.25) is 0 Å². The highest BCUT2D eigenvalue weighted by atomic mass is 19.4. The number of benzene rings is 2. The molecule has 2 aromatic carbocycles. The van der Waals surface area contributed by atoms with E-state index in [1.807, 2.05) is 24.3 Å². The lowest BCUT2D eigenvalue weighted by Crippen LogP contribution is -2.46. The molecule has 0 aliphatic heterocycles. The molecule has 3 rings (SSSR count). The monoisotopic (exact) mass is 365 g/mol. The average Bonchev–Trinajstić information content (AvgIpc) is 2.59. The van der Waals surface area contributed by atoms with E-state index in [0.717, 1.165) is 24.1 Å². The third-order valence-electron chi connectivity index (χ3n) is 4.43. The van der Waals surface area contributed by atoms with Crippen molar-refractivity contribution in [2.45, 2.75) is 31.2 Å². The summed E-state index contributed by atoms with van der Waals surface area (Å²) >= 11 is 0. The number of carbonyl (C=O) groups is 1. The van der Waals surface area contributed by atoms with Crippen LogP contribution in [0.1, 0.15) is 27.9 Å². The first-order valence-corrected chi connectivity index (χ1v) is 8.17. The number of hydrogen-bond donors (Lipinski definition) is 2. The molecule has 0 fully saturated rings. The molecule has 0 aromatic heterocycles. The number of alkyl halides is 3. The van der Waals surface area contributed by atoms with Crippen molar-refractivity contribution in [3.8, 4) is 5.75 Å². The summed E-state index contributed by atoms with van der Waals surface area (Å²) in [4.78, 5) is 12.2. The molecular formula is C19H18F3NO3. The Bertz CT molecular complexity index is 789. The quantitative estimate of drug-likeness (QED) is 0.875. The third kappa shape index (κ3) is 4.54. The Morgan fingerprint density at radius 3 is 2.42 bits per heavy atom. The molecule has 1 aliphatic rings. The zero-order valence-corrected chi connectivity index (χ0v) is 13.8. The van der Waals surface area contributed by atoms with Crippen molar-refractivity contribution in [1.82, 2.24) is 5.32 Å². The fourth-order valence-electron chi connectivity index (χ4n) is 3.09. The molecule has 0 saturated carbocycles. The summed E-state index contributed by atoms with van der Waals surface area (Å²) in [6.07, 6.45) is -3.07. The average molecular weight is 365 g/mol. The van der Waals surface area contributed by atoms with Crippen LogP contribution in [0.4, 0.5) is 13.2 Å². The topological polar surface area (TPSA) is 58.6 Å². The molecule has 0 bridgehead atoms. The largest absolute Gasteiger partial charge is 0.573 e. The van der Waals surface area contributed by atoms with Gasteiger partial charge in [0, 0.05) is 18.5 Å². The van der Waals surface area contributed by atoms with E-state index in [9.17, 15) is 23.1 Å². The molecule has 0 saturated heterocycles. The summed E-state index contributed by atoms with van der Waals surface area (Å²) in [7, 11) is 0. The summed E-state index contributed by atoms with van der Waals surface area (Å²) in [6, 6.07) is 12.5. The van der Waals surface area contributed by atoms with Crippen molar-refractivity contribution < 1.29 is 27.8 Å². The van der Waals surface area contributed by atoms with Crippen molar-refractivity contribution in [1.29, 1.82) is 0 Å². The number of rotatable bonds is 4. The van der Waals surface area contributed by atoms with E-state index in [0.29, 0.717) is 12.8 Å². The van der Waals surface area contributed by atoms with Crippen LogP contribution >= 0.6 is 0 Å². The molecule has 26 heavy (non-hydrogen) atoms. The van der Waals surface area contributed by atoms with E-state index in [4.69, 9.17) is 0 Å². The molecule has 0 radical (unpaired) electrons. The zero-order chi connectivity index (χ0) is 18.8. The molecule has 138 valence electrons. The van der Waals surface area contributed by atoms with Gasteiger partial charge in [-0.05, 0) is 48.2 Å². The maximum Gasteiger partial charge on any atom is 0.573 e. The van der Waals surface area contributed by atoms with Crippen LogP contribution in [0, 0.1) is 0 Å². The number of ether oxygens (including phenoxy) is 1. The molecular weight excluding hydrogens is 347 g/mol. The van der Waals surface area contributed by atoms with Crippen LogP contribution in [0.5, 0.6) is 5.75 Å². The van der Waals surface area contributed by atoms with E-state index < -0.39 is 23.6 Å². The van der Waals surface area contributed by atoms with E-state index >= 15 is 0 Å². The first-order valence-electron chi connectivity index (χ1n) is 8.17. The van der Waals surface area contributed by atoms with Crippen molar-refractivity contribution in [3.63, 3.8) is 0 Å². The van der Waals surface area contributed by atoms with Gasteiger partial charge in [-0.25, -0.2) is 0 Å². The molecule has 1 amide bonds. The van der Waals surface area contributed by atoms with Crippen LogP contribution in [0.25, 0.3) is 0 Å². The molecule has 1 aliphatic carbocycles. The second-order valence-corrected chi connectivity index (χ2v) is 6.42. The second kappa shape index (κ2) is 6.99. The van der Waals surface area contributed by atoms with Gasteiger partial charge in [0.1, 0.15) is 5.75 Å². The molecule has 0 heterocycles. The molecule has 2 N–H and O–H groups in total. The highest BCUT2D eigenvalue weighted by Gasteiger charge is 2.33. The van der Waals surface area contributed by atoms with Crippen LogP contribution in [-0.2, 0) is 12.8 Å². The lowest BCUT2D eigenvalue weighted by atomic mass is 9.80. The molecule has 2 aromatic rings. The van der Waals surface area contributed by atoms with Crippen molar-refractivity contribution in [2.24, 2.45) is 0 Å². The molecule has 1 atom stereocenters. The molecule has 4 nitrogen and oxygen atoms in total. The van der Waals surface area contributed by atoms with Crippen LogP contribution in [0.3, 0.4) is 0 Å². The zero-order valence-electron chi connectivity index (χ0n) is 13.8. The van der Waals surface area contributed by atoms with Crippen molar-refractivity contribution >= 4 is 5.91 Å². The Hall–Kier alpha value is -2.54. The number of aliphatic hydroxyl groups is 1. The van der Waals surface area contributed by atoms with E-state index in [2.05, 4.69) is 10.1 Å². The van der Waals surface area contributed by atoms with Gasteiger partial charge in [0.05, 0.1) is 5.60 Å². The summed E-state index contributed by atoms with van der Waals surface area (Å²) in [5.41, 5.74) is 1.41. The van der Waals surface area contributed by atoms with E-state index in [1.54, 1.807) is 0 Å². The maximum atomic E-state index is 12.2. The van der Waals surface area contributed by atoms with Gasteiger partial charge in [0.2, 0.25) is 0 Å². The lowest BCUT2D eigenvalue weighted by Gasteiger charge is -2.33. The minimum atomic E-state index is -4.77. The minimum absolute atomic E-state index is 0.0704. The van der Waals surface area contributed by atoms with E-state index in [1.165, 1.54) is 17.7 Å². The van der Waals surface area contributed by atoms with Crippen LogP contribution in [0.15, 0.2) is 48.5 Å². The summed E-state index contributed by atoms with van der Waals surface area (Å²) in [5.74, 6) is -0.854. The van der Waals surface area contributed by atoms with Crippen LogP contribution < -0.4 is 10.1 Å². The summed E-state index contributed by atoms with van der Waals surface area (Å²) in [5, 5.41) is 13.4. The second-order valence-electron chi connectivity index (χ2n) is 6.42. The Labute approximate surface area is 148 Å². The molecule has 7 heteroatoms. The predicted octanol–water partition coefficient (Wildman–Crippen LogP) is 3.24. The Morgan fingerprint density at radius 1 is 1.12 bits per heavy atom. The predicted molar refractivity (Wildman–Crippen MR) is 88.9 cm³/mol. The highest BCUT2D eigenvalue weighted by Crippen LogP contribution is 2.28. The van der Waals surface area contributed by atoms with Gasteiger partial charge in [-0.3, -0.25) is 4.79 Å². The number of nitrogens with one attached hydrogen (secondary N) is 1. The van der Waals surface area contributed by atoms with Crippen molar-refractivity contribution in [2.75, 3.05) is 6.54 Å². The number of amides is 1. The Kier molecular flexibility index (Phi) is 4.91. The van der Waals surface area contributed by atoms with Gasteiger partial charge < -0.3 is 15.2 Å². The van der Waals surface area contributed by atoms with Crippen LogP contribution in [-0.4, -0.2) is 29.5 Å². The van der Waals surface area contributed by atoms with Gasteiger partial charge in [-0.15, -0.1) is 13.2 Å². The Morgan fingerprint density at radius 2 is 1.77 bits per heavy atom. The van der Waals surface area contributed by atoms with Gasteiger partial charge in [-0.2, -0.15) is 0 Å². The van der Waals surface area contributed by atoms with Gasteiger partial charge >= 0.3 is 6.36 Å². The van der Waals surface area contributed by atoms with Gasteiger partial charge in [-0.1, -0.05) is 24.3 Å². The normalized spacial score (nSPS) is 19.5. The number of halogens is 3. The van der Waals surface area contributed by atoms with Crippen molar-refractivity contribution in [3.05, 3.63) is 65.2 Å². The van der Waals surface area contributed by atoms with Gasteiger partial charge in [0.15, 0.2) is 0 Å². The SMILES string of the molecule is O=C(NC[C@@]1(O)CCc2ccccc2C1)c1ccc(OC(F)(F)F)cc1. The first kappa shape index (κ1) is 18.3. The maximum absolute atomic E-state index is 12.2. The standard InChI is InChI=1S/C19H18F3NO3/c20-19(21,22)26-16-7-5-14(6-8-16)17(24)23-12-18(25)10-9-13-3-1-2-4-15(13)11-18/h1-8,25H,9-12H2,(H,23,24)/t18-/m1/s1. The number of carbonyl (C=O) groups excluding carboxylic acids is 1. The third-order valence-corrected chi connectivity index (χ3v) is 4.43. The number of hydrogen-bond acceptors (Lipinski definition) is 3. The Balaban J connectivity index is 1.59. The fraction of sp³-hybridized carbons (Fsp3) is 0.316. The highest BCUT2D eigenvalue weighted by molar-refractivity contribution is 5.94. The van der Waals surface area contributed by atoms with E-state index in [-0.39, 0.29) is 12.1 Å².